The van der Waals surface area contributed by atoms with Crippen LogP contribution in [0.15, 0.2) is 39.8 Å². The van der Waals surface area contributed by atoms with Crippen molar-refractivity contribution in [2.75, 3.05) is 5.75 Å². The minimum absolute atomic E-state index is 0.0895. The lowest BCUT2D eigenvalue weighted by molar-refractivity contribution is 0.381. The van der Waals surface area contributed by atoms with Crippen LogP contribution in [-0.2, 0) is 5.54 Å². The Kier molecular flexibility index (Phi) is 2.93. The number of halogens is 2. The maximum Gasteiger partial charge on any atom is 0.169 e. The monoisotopic (exact) mass is 380 g/mol. The Morgan fingerprint density at radius 1 is 1.32 bits per heavy atom. The summed E-state index contributed by atoms with van der Waals surface area (Å²) < 4.78 is 20.8. The van der Waals surface area contributed by atoms with E-state index in [9.17, 15) is 9.50 Å². The summed E-state index contributed by atoms with van der Waals surface area (Å²) >= 11 is 4.84. The van der Waals surface area contributed by atoms with Crippen molar-refractivity contribution in [2.45, 2.75) is 5.54 Å². The lowest BCUT2D eigenvalue weighted by Gasteiger charge is -2.34. The van der Waals surface area contributed by atoms with Gasteiger partial charge >= 0.3 is 0 Å². The highest BCUT2D eigenvalue weighted by molar-refractivity contribution is 9.10. The van der Waals surface area contributed by atoms with Crippen LogP contribution >= 0.6 is 27.7 Å². The topological polar surface area (TPSA) is 67.8 Å². The summed E-state index contributed by atoms with van der Waals surface area (Å²) in [5.74, 6) is 0.379. The van der Waals surface area contributed by atoms with Crippen molar-refractivity contribution in [2.24, 2.45) is 10.7 Å². The molecule has 0 saturated heterocycles. The number of ether oxygens (including phenoxy) is 1. The third kappa shape index (κ3) is 1.85. The Morgan fingerprint density at radius 3 is 2.86 bits per heavy atom. The zero-order valence-electron chi connectivity index (χ0n) is 11.1. The van der Waals surface area contributed by atoms with E-state index in [4.69, 9.17) is 10.5 Å². The quantitative estimate of drug-likeness (QED) is 0.730. The Hall–Kier alpha value is -1.73. The van der Waals surface area contributed by atoms with Crippen LogP contribution < -0.4 is 10.5 Å². The molecule has 3 N–H and O–H groups in total. The molecule has 0 radical (unpaired) electrons. The first-order chi connectivity index (χ1) is 10.5. The first-order valence-corrected chi connectivity index (χ1v) is 8.26. The van der Waals surface area contributed by atoms with E-state index in [2.05, 4.69) is 20.9 Å². The molecule has 2 aliphatic heterocycles. The van der Waals surface area contributed by atoms with Gasteiger partial charge in [-0.05, 0) is 24.3 Å². The number of fused-ring (bicyclic) bond motifs is 4. The third-order valence-corrected chi connectivity index (χ3v) is 5.25. The van der Waals surface area contributed by atoms with Gasteiger partial charge in [-0.25, -0.2) is 9.38 Å². The largest absolute Gasteiger partial charge is 0.508 e. The van der Waals surface area contributed by atoms with Crippen molar-refractivity contribution in [3.63, 3.8) is 0 Å². The molecule has 2 aliphatic rings. The van der Waals surface area contributed by atoms with E-state index in [0.29, 0.717) is 22.2 Å². The van der Waals surface area contributed by atoms with Gasteiger partial charge in [-0.3, -0.25) is 0 Å². The Balaban J connectivity index is 2.08. The number of aliphatic imine (C=N–C) groups is 1. The summed E-state index contributed by atoms with van der Waals surface area (Å²) in [4.78, 5) is 4.56. The van der Waals surface area contributed by atoms with Crippen molar-refractivity contribution in [3.8, 4) is 17.2 Å². The van der Waals surface area contributed by atoms with E-state index in [-0.39, 0.29) is 11.5 Å². The standard InChI is InChI=1S/C15H10BrFN2O2S/c16-7-1-2-12-9(3-7)15(6-22-14(18)19-15)10-4-8(20)5-11(17)13(10)21-12/h1-5,20H,6H2,(H2,18,19)/t15-/m0/s1. The van der Waals surface area contributed by atoms with E-state index >= 15 is 0 Å². The van der Waals surface area contributed by atoms with Crippen LogP contribution in [0.25, 0.3) is 0 Å². The smallest absolute Gasteiger partial charge is 0.169 e. The lowest BCUT2D eigenvalue weighted by Crippen LogP contribution is -2.30. The van der Waals surface area contributed by atoms with Crippen LogP contribution in [-0.4, -0.2) is 16.0 Å². The number of hydrogen-bond donors (Lipinski definition) is 2. The van der Waals surface area contributed by atoms with Crippen molar-refractivity contribution < 1.29 is 14.2 Å². The summed E-state index contributed by atoms with van der Waals surface area (Å²) in [6.45, 7) is 0. The first kappa shape index (κ1) is 13.9. The molecular formula is C15H10BrFN2O2S. The number of nitrogens with zero attached hydrogens (tertiary/aromatic N) is 1. The van der Waals surface area contributed by atoms with Crippen LogP contribution in [0.1, 0.15) is 11.1 Å². The molecular weight excluding hydrogens is 371 g/mol. The summed E-state index contributed by atoms with van der Waals surface area (Å²) in [6.07, 6.45) is 0. The molecule has 0 bridgehead atoms. The fourth-order valence-electron chi connectivity index (χ4n) is 2.87. The number of aromatic hydroxyl groups is 1. The van der Waals surface area contributed by atoms with Gasteiger partial charge in [0.25, 0.3) is 0 Å². The Labute approximate surface area is 138 Å². The molecule has 112 valence electrons. The Bertz CT molecular complexity index is 843. The summed E-state index contributed by atoms with van der Waals surface area (Å²) in [5, 5.41) is 10.2. The van der Waals surface area contributed by atoms with Crippen molar-refractivity contribution >= 4 is 32.9 Å². The average Bonchev–Trinajstić information content (AvgIpc) is 2.85. The van der Waals surface area contributed by atoms with E-state index in [1.807, 2.05) is 12.1 Å². The van der Waals surface area contributed by atoms with E-state index in [1.165, 1.54) is 17.8 Å². The highest BCUT2D eigenvalue weighted by atomic mass is 79.9. The number of amidine groups is 1. The number of phenolic OH excluding ortho intramolecular Hbond substituents is 1. The maximum atomic E-state index is 14.3. The minimum atomic E-state index is -0.846. The molecule has 2 aromatic carbocycles. The predicted octanol–water partition coefficient (Wildman–Crippen LogP) is 3.70. The molecule has 0 aromatic heterocycles. The van der Waals surface area contributed by atoms with Gasteiger partial charge in [0.05, 0.1) is 0 Å². The number of nitrogens with two attached hydrogens (primary N) is 1. The summed E-state index contributed by atoms with van der Waals surface area (Å²) in [7, 11) is 0. The van der Waals surface area contributed by atoms with Gasteiger partial charge in [0, 0.05) is 27.4 Å². The van der Waals surface area contributed by atoms with Gasteiger partial charge in [-0.1, -0.05) is 27.7 Å². The van der Waals surface area contributed by atoms with Crippen molar-refractivity contribution in [1.82, 2.24) is 0 Å². The van der Waals surface area contributed by atoms with E-state index in [1.54, 1.807) is 6.07 Å². The molecule has 0 amide bonds. The predicted molar refractivity (Wildman–Crippen MR) is 87.1 cm³/mol. The van der Waals surface area contributed by atoms with Gasteiger partial charge in [0.15, 0.2) is 16.7 Å². The van der Waals surface area contributed by atoms with Crippen LogP contribution in [0.5, 0.6) is 17.2 Å². The van der Waals surface area contributed by atoms with Crippen LogP contribution in [0.3, 0.4) is 0 Å². The second kappa shape index (κ2) is 4.63. The van der Waals surface area contributed by atoms with E-state index < -0.39 is 11.4 Å². The van der Waals surface area contributed by atoms with Crippen LogP contribution in [0, 0.1) is 5.82 Å². The third-order valence-electron chi connectivity index (χ3n) is 3.80. The van der Waals surface area contributed by atoms with Gasteiger partial charge in [0.1, 0.15) is 17.0 Å². The molecule has 2 aromatic rings. The highest BCUT2D eigenvalue weighted by Crippen LogP contribution is 2.54. The molecule has 1 spiro atoms. The molecule has 0 unspecified atom stereocenters. The zero-order valence-corrected chi connectivity index (χ0v) is 13.5. The van der Waals surface area contributed by atoms with Crippen molar-refractivity contribution in [3.05, 3.63) is 51.7 Å². The molecule has 22 heavy (non-hydrogen) atoms. The summed E-state index contributed by atoms with van der Waals surface area (Å²) in [6, 6.07) is 8.01. The number of benzene rings is 2. The van der Waals surface area contributed by atoms with Gasteiger partial charge in [-0.2, -0.15) is 0 Å². The molecule has 0 saturated carbocycles. The molecule has 2 heterocycles. The Morgan fingerprint density at radius 2 is 2.14 bits per heavy atom. The lowest BCUT2D eigenvalue weighted by atomic mass is 9.82. The van der Waals surface area contributed by atoms with Crippen LogP contribution in [0.2, 0.25) is 0 Å². The minimum Gasteiger partial charge on any atom is -0.508 e. The number of hydrogen-bond acceptors (Lipinski definition) is 5. The first-order valence-electron chi connectivity index (χ1n) is 6.48. The summed E-state index contributed by atoms with van der Waals surface area (Å²) in [5.41, 5.74) is 6.31. The molecule has 1 atom stereocenters. The highest BCUT2D eigenvalue weighted by Gasteiger charge is 2.47. The average molecular weight is 381 g/mol. The maximum absolute atomic E-state index is 14.3. The van der Waals surface area contributed by atoms with Crippen LogP contribution in [0.4, 0.5) is 4.39 Å². The van der Waals surface area contributed by atoms with Gasteiger partial charge in [0.2, 0.25) is 0 Å². The van der Waals surface area contributed by atoms with Crippen molar-refractivity contribution in [1.29, 1.82) is 0 Å². The number of rotatable bonds is 0. The van der Waals surface area contributed by atoms with Gasteiger partial charge < -0.3 is 15.6 Å². The molecule has 4 rings (SSSR count). The second-order valence-electron chi connectivity index (χ2n) is 5.15. The second-order valence-corrected chi connectivity index (χ2v) is 7.06. The fourth-order valence-corrected chi connectivity index (χ4v) is 4.18. The normalized spacial score (nSPS) is 22.0. The molecule has 4 nitrogen and oxygen atoms in total. The molecule has 0 aliphatic carbocycles. The SMILES string of the molecule is NC1=N[C@@]2(CS1)c1cc(Br)ccc1Oc1c(F)cc(O)cc12. The fraction of sp³-hybridized carbons (Fsp3) is 0.133. The number of thioether (sulfide) groups is 1. The zero-order chi connectivity index (χ0) is 15.5. The van der Waals surface area contributed by atoms with E-state index in [0.717, 1.165) is 16.1 Å². The number of phenols is 1. The molecule has 0 fully saturated rings. The molecule has 7 heteroatoms. The van der Waals surface area contributed by atoms with Gasteiger partial charge in [-0.15, -0.1) is 0 Å².